The SMILES string of the molecule is CCC1CCCC(C(N)c2c(F)ccc(Br)c2F)C1. The van der Waals surface area contributed by atoms with Crippen molar-refractivity contribution in [3.8, 4) is 0 Å². The standard InChI is InChI=1S/C15H20BrF2N/c1-2-9-4-3-5-10(8-9)15(19)13-12(17)7-6-11(16)14(13)18/h6-7,9-10,15H,2-5,8,19H2,1H3. The molecule has 1 nitrogen and oxygen atoms in total. The van der Waals surface area contributed by atoms with E-state index in [2.05, 4.69) is 22.9 Å². The van der Waals surface area contributed by atoms with Crippen molar-refractivity contribution < 1.29 is 8.78 Å². The van der Waals surface area contributed by atoms with Gasteiger partial charge in [-0.3, -0.25) is 0 Å². The van der Waals surface area contributed by atoms with Crippen LogP contribution in [0.25, 0.3) is 0 Å². The predicted molar refractivity (Wildman–Crippen MR) is 76.7 cm³/mol. The minimum atomic E-state index is -0.550. The zero-order valence-electron chi connectivity index (χ0n) is 11.1. The molecule has 1 aromatic carbocycles. The fourth-order valence-electron chi connectivity index (χ4n) is 3.11. The minimum Gasteiger partial charge on any atom is -0.324 e. The Morgan fingerprint density at radius 3 is 2.79 bits per heavy atom. The highest BCUT2D eigenvalue weighted by molar-refractivity contribution is 9.10. The normalized spacial score (nSPS) is 25.3. The Kier molecular flexibility index (Phi) is 4.96. The lowest BCUT2D eigenvalue weighted by Gasteiger charge is -2.33. The summed E-state index contributed by atoms with van der Waals surface area (Å²) in [6, 6.07) is 2.12. The van der Waals surface area contributed by atoms with Crippen LogP contribution in [-0.2, 0) is 0 Å². The van der Waals surface area contributed by atoms with Crippen molar-refractivity contribution in [2.45, 2.75) is 45.1 Å². The van der Waals surface area contributed by atoms with Crippen molar-refractivity contribution in [3.63, 3.8) is 0 Å². The average Bonchev–Trinajstić information content (AvgIpc) is 2.43. The lowest BCUT2D eigenvalue weighted by Crippen LogP contribution is -2.28. The van der Waals surface area contributed by atoms with Crippen LogP contribution in [-0.4, -0.2) is 0 Å². The Bertz CT molecular complexity index is 450. The predicted octanol–water partition coefficient (Wildman–Crippen LogP) is 4.94. The Hall–Kier alpha value is -0.480. The zero-order valence-corrected chi connectivity index (χ0v) is 12.7. The van der Waals surface area contributed by atoms with Crippen molar-refractivity contribution in [3.05, 3.63) is 33.8 Å². The molecule has 0 radical (unpaired) electrons. The second kappa shape index (κ2) is 6.31. The van der Waals surface area contributed by atoms with Gasteiger partial charge in [0.15, 0.2) is 0 Å². The number of rotatable bonds is 3. The topological polar surface area (TPSA) is 26.0 Å². The van der Waals surface area contributed by atoms with Crippen LogP contribution in [0.1, 0.15) is 50.6 Å². The number of nitrogens with two attached hydrogens (primary N) is 1. The molecule has 19 heavy (non-hydrogen) atoms. The van der Waals surface area contributed by atoms with Crippen LogP contribution in [0.3, 0.4) is 0 Å². The number of halogens is 3. The van der Waals surface area contributed by atoms with Crippen molar-refractivity contribution in [2.75, 3.05) is 0 Å². The Labute approximate surface area is 121 Å². The molecule has 106 valence electrons. The van der Waals surface area contributed by atoms with Gasteiger partial charge in [-0.25, -0.2) is 8.78 Å². The summed E-state index contributed by atoms with van der Waals surface area (Å²) in [5.74, 6) is -0.266. The van der Waals surface area contributed by atoms with E-state index >= 15 is 0 Å². The first kappa shape index (κ1) is 14.9. The molecule has 0 bridgehead atoms. The number of benzene rings is 1. The van der Waals surface area contributed by atoms with E-state index in [4.69, 9.17) is 5.73 Å². The third kappa shape index (κ3) is 3.16. The molecular formula is C15H20BrF2N. The van der Waals surface area contributed by atoms with E-state index in [1.165, 1.54) is 18.6 Å². The van der Waals surface area contributed by atoms with Crippen LogP contribution >= 0.6 is 15.9 Å². The van der Waals surface area contributed by atoms with E-state index in [1.807, 2.05) is 0 Å². The molecule has 1 saturated carbocycles. The first-order valence-electron chi connectivity index (χ1n) is 6.93. The third-order valence-electron chi connectivity index (χ3n) is 4.32. The molecular weight excluding hydrogens is 312 g/mol. The van der Waals surface area contributed by atoms with Gasteiger partial charge in [-0.2, -0.15) is 0 Å². The van der Waals surface area contributed by atoms with Crippen molar-refractivity contribution in [1.82, 2.24) is 0 Å². The van der Waals surface area contributed by atoms with Crippen molar-refractivity contribution in [1.29, 1.82) is 0 Å². The van der Waals surface area contributed by atoms with Crippen LogP contribution in [0.2, 0.25) is 0 Å². The number of hydrogen-bond donors (Lipinski definition) is 1. The first-order valence-corrected chi connectivity index (χ1v) is 7.72. The summed E-state index contributed by atoms with van der Waals surface area (Å²) >= 11 is 3.10. The van der Waals surface area contributed by atoms with Crippen LogP contribution in [0.5, 0.6) is 0 Å². The maximum atomic E-state index is 14.1. The maximum absolute atomic E-state index is 14.1. The molecule has 4 heteroatoms. The first-order chi connectivity index (χ1) is 9.04. The second-order valence-corrected chi connectivity index (χ2v) is 6.34. The van der Waals surface area contributed by atoms with Crippen LogP contribution < -0.4 is 5.73 Å². The summed E-state index contributed by atoms with van der Waals surface area (Å²) in [5, 5.41) is 0. The summed E-state index contributed by atoms with van der Waals surface area (Å²) in [7, 11) is 0. The highest BCUT2D eigenvalue weighted by Gasteiger charge is 2.30. The second-order valence-electron chi connectivity index (χ2n) is 5.48. The Morgan fingerprint density at radius 2 is 2.11 bits per heavy atom. The van der Waals surface area contributed by atoms with Crippen LogP contribution in [0.15, 0.2) is 16.6 Å². The summed E-state index contributed by atoms with van der Waals surface area (Å²) in [6.45, 7) is 2.17. The van der Waals surface area contributed by atoms with Gasteiger partial charge in [0.1, 0.15) is 11.6 Å². The van der Waals surface area contributed by atoms with E-state index in [1.54, 1.807) is 0 Å². The van der Waals surface area contributed by atoms with E-state index < -0.39 is 17.7 Å². The molecule has 2 N–H and O–H groups in total. The van der Waals surface area contributed by atoms with E-state index in [0.717, 1.165) is 25.7 Å². The molecule has 3 atom stereocenters. The molecule has 0 heterocycles. The maximum Gasteiger partial charge on any atom is 0.145 e. The molecule has 0 saturated heterocycles. The van der Waals surface area contributed by atoms with E-state index in [-0.39, 0.29) is 16.0 Å². The summed E-state index contributed by atoms with van der Waals surface area (Å²) in [5.41, 5.74) is 6.19. The van der Waals surface area contributed by atoms with Crippen LogP contribution in [0, 0.1) is 23.5 Å². The molecule has 0 amide bonds. The summed E-state index contributed by atoms with van der Waals surface area (Å²) in [6.07, 6.45) is 5.37. The van der Waals surface area contributed by atoms with Gasteiger partial charge >= 0.3 is 0 Å². The molecule has 1 fully saturated rings. The van der Waals surface area contributed by atoms with Crippen molar-refractivity contribution >= 4 is 15.9 Å². The highest BCUT2D eigenvalue weighted by atomic mass is 79.9. The molecule has 1 aliphatic rings. The van der Waals surface area contributed by atoms with Gasteiger partial charge in [-0.05, 0) is 52.7 Å². The van der Waals surface area contributed by atoms with Gasteiger partial charge < -0.3 is 5.73 Å². The average molecular weight is 332 g/mol. The zero-order chi connectivity index (χ0) is 14.0. The van der Waals surface area contributed by atoms with E-state index in [0.29, 0.717) is 5.92 Å². The molecule has 1 aliphatic carbocycles. The fraction of sp³-hybridized carbons (Fsp3) is 0.600. The van der Waals surface area contributed by atoms with Gasteiger partial charge in [0.2, 0.25) is 0 Å². The van der Waals surface area contributed by atoms with E-state index in [9.17, 15) is 8.78 Å². The molecule has 0 spiro atoms. The highest BCUT2D eigenvalue weighted by Crippen LogP contribution is 2.39. The third-order valence-corrected chi connectivity index (χ3v) is 4.93. The van der Waals surface area contributed by atoms with Gasteiger partial charge in [-0.15, -0.1) is 0 Å². The Morgan fingerprint density at radius 1 is 1.37 bits per heavy atom. The van der Waals surface area contributed by atoms with Crippen LogP contribution in [0.4, 0.5) is 8.78 Å². The fourth-order valence-corrected chi connectivity index (χ4v) is 3.46. The Balaban J connectivity index is 2.24. The van der Waals surface area contributed by atoms with Gasteiger partial charge in [-0.1, -0.05) is 26.2 Å². The molecule has 1 aromatic rings. The largest absolute Gasteiger partial charge is 0.324 e. The molecule has 0 aromatic heterocycles. The monoisotopic (exact) mass is 331 g/mol. The molecule has 0 aliphatic heterocycles. The minimum absolute atomic E-state index is 0.0381. The lowest BCUT2D eigenvalue weighted by atomic mass is 9.75. The van der Waals surface area contributed by atoms with Gasteiger partial charge in [0.05, 0.1) is 4.47 Å². The smallest absolute Gasteiger partial charge is 0.145 e. The summed E-state index contributed by atoms with van der Waals surface area (Å²) in [4.78, 5) is 0. The molecule has 2 rings (SSSR count). The molecule has 3 unspecified atom stereocenters. The van der Waals surface area contributed by atoms with Gasteiger partial charge in [0.25, 0.3) is 0 Å². The summed E-state index contributed by atoms with van der Waals surface area (Å²) < 4.78 is 28.2. The van der Waals surface area contributed by atoms with Crippen molar-refractivity contribution in [2.24, 2.45) is 17.6 Å². The number of hydrogen-bond acceptors (Lipinski definition) is 1. The lowest BCUT2D eigenvalue weighted by molar-refractivity contribution is 0.225. The van der Waals surface area contributed by atoms with Gasteiger partial charge in [0, 0.05) is 11.6 Å². The quantitative estimate of drug-likeness (QED) is 0.779.